The summed E-state index contributed by atoms with van der Waals surface area (Å²) in [5.41, 5.74) is 10.1. The number of imidazole rings is 1. The molecule has 0 radical (unpaired) electrons. The summed E-state index contributed by atoms with van der Waals surface area (Å²) in [6.45, 7) is 1.46. The van der Waals surface area contributed by atoms with Gasteiger partial charge in [-0.1, -0.05) is 6.07 Å². The first kappa shape index (κ1) is 27.3. The Balaban J connectivity index is 1.25. The van der Waals surface area contributed by atoms with Crippen molar-refractivity contribution in [3.05, 3.63) is 66.5 Å². The lowest BCUT2D eigenvalue weighted by Gasteiger charge is -2.27. The van der Waals surface area contributed by atoms with Crippen molar-refractivity contribution in [2.45, 2.75) is 54.1 Å². The molecule has 1 amide bonds. The number of aryl methyl sites for hydroxylation is 1. The number of carbonyl (C=O) groups excluding carboxylic acids is 1. The molecule has 2 N–H and O–H groups in total. The second-order valence-corrected chi connectivity index (χ2v) is 14.4. The molecule has 0 spiro atoms. The number of pyridine rings is 1. The van der Waals surface area contributed by atoms with Gasteiger partial charge in [-0.2, -0.15) is 0 Å². The van der Waals surface area contributed by atoms with Gasteiger partial charge in [-0.25, -0.2) is 13.4 Å². The maximum absolute atomic E-state index is 13.7. The summed E-state index contributed by atoms with van der Waals surface area (Å²) in [5.74, 6) is 2.16. The Morgan fingerprint density at radius 1 is 1.02 bits per heavy atom. The number of ether oxygens (including phenoxy) is 1. The quantitative estimate of drug-likeness (QED) is 0.290. The van der Waals surface area contributed by atoms with Crippen molar-refractivity contribution in [3.63, 3.8) is 0 Å². The van der Waals surface area contributed by atoms with E-state index in [1.807, 2.05) is 34.7 Å². The lowest BCUT2D eigenvalue weighted by atomic mass is 10.1. The van der Waals surface area contributed by atoms with Crippen molar-refractivity contribution in [1.82, 2.24) is 24.0 Å². The normalized spacial score (nSPS) is 21.5. The topological polar surface area (TPSA) is 125 Å². The van der Waals surface area contributed by atoms with Crippen LogP contribution in [0.15, 0.2) is 70.7 Å². The molecule has 3 aliphatic rings. The molecule has 11 heteroatoms. The van der Waals surface area contributed by atoms with Crippen LogP contribution in [0.1, 0.15) is 36.0 Å². The molecule has 226 valence electrons. The van der Waals surface area contributed by atoms with Crippen LogP contribution in [-0.2, 0) is 23.4 Å². The number of likely N-dealkylation sites (tertiary alicyclic amines) is 1. The van der Waals surface area contributed by atoms with Crippen LogP contribution in [0.5, 0.6) is 5.75 Å². The van der Waals surface area contributed by atoms with Gasteiger partial charge in [-0.05, 0) is 80.0 Å². The summed E-state index contributed by atoms with van der Waals surface area (Å²) in [5, 5.41) is 0.935. The zero-order valence-corrected chi connectivity index (χ0v) is 25.5. The molecule has 3 atom stereocenters. The van der Waals surface area contributed by atoms with Gasteiger partial charge in [0.1, 0.15) is 11.3 Å². The number of rotatable bonds is 7. The average Bonchev–Trinajstić information content (AvgIpc) is 3.44. The molecule has 2 saturated carbocycles. The van der Waals surface area contributed by atoms with E-state index in [2.05, 4.69) is 15.6 Å². The standard InChI is InChI=1S/C33H34N6O4S/c1-37-31-25(13-22(15-29(31)43-2)33(40)39-18-21-6-8-26(39)30(21)34)36-32(37)28-14-20-5-7-24(16-27(20)38(28)17-19-3-4-19)44(41,42)23-9-11-35-12-10-23/h5,7,9-16,19,21,26,30H,3-4,6,8,17-18,34H2,1-2H3/t21-,26-,30-/m1/s1. The minimum Gasteiger partial charge on any atom is -0.494 e. The summed E-state index contributed by atoms with van der Waals surface area (Å²) >= 11 is 0. The third kappa shape index (κ3) is 4.16. The minimum absolute atomic E-state index is 0.0363. The Morgan fingerprint density at radius 2 is 1.82 bits per heavy atom. The van der Waals surface area contributed by atoms with Crippen LogP contribution < -0.4 is 10.5 Å². The molecular weight excluding hydrogens is 576 g/mol. The highest BCUT2D eigenvalue weighted by Crippen LogP contribution is 2.40. The molecule has 10 nitrogen and oxygen atoms in total. The number of piperidine rings is 1. The summed E-state index contributed by atoms with van der Waals surface area (Å²) < 4.78 is 37.0. The number of nitrogens with two attached hydrogens (primary N) is 1. The first-order chi connectivity index (χ1) is 21.2. The van der Waals surface area contributed by atoms with Gasteiger partial charge in [-0.3, -0.25) is 9.78 Å². The van der Waals surface area contributed by atoms with E-state index in [0.29, 0.717) is 35.2 Å². The summed E-state index contributed by atoms with van der Waals surface area (Å²) in [7, 11) is -0.155. The van der Waals surface area contributed by atoms with E-state index in [1.165, 1.54) is 24.5 Å². The van der Waals surface area contributed by atoms with Gasteiger partial charge in [0.25, 0.3) is 5.91 Å². The number of hydrogen-bond donors (Lipinski definition) is 1. The maximum atomic E-state index is 13.7. The monoisotopic (exact) mass is 610 g/mol. The van der Waals surface area contributed by atoms with Gasteiger partial charge in [0, 0.05) is 61.1 Å². The highest BCUT2D eigenvalue weighted by atomic mass is 32.2. The Kier molecular flexibility index (Phi) is 6.15. The van der Waals surface area contributed by atoms with Crippen molar-refractivity contribution in [3.8, 4) is 17.3 Å². The molecule has 1 saturated heterocycles. The fourth-order valence-electron chi connectivity index (χ4n) is 7.26. The van der Waals surface area contributed by atoms with Crippen molar-refractivity contribution in [1.29, 1.82) is 0 Å². The van der Waals surface area contributed by atoms with E-state index < -0.39 is 9.84 Å². The van der Waals surface area contributed by atoms with E-state index in [9.17, 15) is 13.2 Å². The van der Waals surface area contributed by atoms with E-state index in [-0.39, 0.29) is 27.8 Å². The minimum atomic E-state index is -3.71. The second-order valence-electron chi connectivity index (χ2n) is 12.5. The molecule has 1 aliphatic heterocycles. The number of carbonyl (C=O) groups is 1. The molecule has 4 heterocycles. The van der Waals surface area contributed by atoms with Crippen LogP contribution in [0.2, 0.25) is 0 Å². The molecule has 5 aromatic rings. The molecule has 8 rings (SSSR count). The largest absolute Gasteiger partial charge is 0.494 e. The van der Waals surface area contributed by atoms with Crippen molar-refractivity contribution in [2.75, 3.05) is 13.7 Å². The summed E-state index contributed by atoms with van der Waals surface area (Å²) in [6.07, 6.45) is 7.27. The van der Waals surface area contributed by atoms with Gasteiger partial charge < -0.3 is 24.5 Å². The van der Waals surface area contributed by atoms with Gasteiger partial charge in [0.15, 0.2) is 5.82 Å². The van der Waals surface area contributed by atoms with Crippen LogP contribution in [0, 0.1) is 11.8 Å². The van der Waals surface area contributed by atoms with E-state index in [1.54, 1.807) is 19.2 Å². The number of sulfone groups is 1. The highest BCUT2D eigenvalue weighted by molar-refractivity contribution is 7.91. The molecule has 0 unspecified atom stereocenters. The summed E-state index contributed by atoms with van der Waals surface area (Å²) in [6, 6.07) is 14.2. The van der Waals surface area contributed by atoms with Crippen LogP contribution in [0.4, 0.5) is 0 Å². The average molecular weight is 611 g/mol. The number of fused-ring (bicyclic) bond motifs is 4. The summed E-state index contributed by atoms with van der Waals surface area (Å²) in [4.78, 5) is 25.1. The molecular formula is C33H34N6O4S. The first-order valence-electron chi connectivity index (χ1n) is 15.1. The SMILES string of the molecule is COc1cc(C(=O)N2C[C@H]3CC[C@@H]2[C@@H]3N)cc2nc(-c3cc4ccc(S(=O)(=O)c5ccncc5)cc4n3CC3CC3)n(C)c12. The lowest BCUT2D eigenvalue weighted by Crippen LogP contribution is -2.41. The smallest absolute Gasteiger partial charge is 0.254 e. The Hall–Kier alpha value is -4.22. The van der Waals surface area contributed by atoms with Gasteiger partial charge in [-0.15, -0.1) is 0 Å². The predicted octanol–water partition coefficient (Wildman–Crippen LogP) is 4.40. The Labute approximate surface area is 255 Å². The van der Waals surface area contributed by atoms with Crippen LogP contribution in [0.3, 0.4) is 0 Å². The van der Waals surface area contributed by atoms with Crippen LogP contribution in [-0.4, -0.2) is 64.1 Å². The van der Waals surface area contributed by atoms with Crippen LogP contribution in [0.25, 0.3) is 33.5 Å². The number of nitrogens with zero attached hydrogens (tertiary/aromatic N) is 5. The molecule has 3 fully saturated rings. The van der Waals surface area contributed by atoms with Gasteiger partial charge in [0.2, 0.25) is 9.84 Å². The third-order valence-electron chi connectivity index (χ3n) is 9.83. The van der Waals surface area contributed by atoms with Gasteiger partial charge >= 0.3 is 0 Å². The number of benzene rings is 2. The molecule has 2 aromatic carbocycles. The van der Waals surface area contributed by atoms with Crippen molar-refractivity contribution < 1.29 is 17.9 Å². The Bertz CT molecular complexity index is 2060. The maximum Gasteiger partial charge on any atom is 0.254 e. The van der Waals surface area contributed by atoms with E-state index >= 15 is 0 Å². The molecule has 3 aromatic heterocycles. The second kappa shape index (κ2) is 9.90. The van der Waals surface area contributed by atoms with E-state index in [0.717, 1.165) is 60.2 Å². The number of aromatic nitrogens is 4. The molecule has 2 bridgehead atoms. The Morgan fingerprint density at radius 3 is 2.50 bits per heavy atom. The zero-order valence-electron chi connectivity index (χ0n) is 24.7. The number of methoxy groups -OCH3 is 1. The molecule has 2 aliphatic carbocycles. The van der Waals surface area contributed by atoms with Crippen molar-refractivity contribution in [2.24, 2.45) is 24.6 Å². The number of hydrogen-bond acceptors (Lipinski definition) is 7. The molecule has 44 heavy (non-hydrogen) atoms. The highest BCUT2D eigenvalue weighted by Gasteiger charge is 2.47. The van der Waals surface area contributed by atoms with Crippen LogP contribution >= 0.6 is 0 Å². The first-order valence-corrected chi connectivity index (χ1v) is 16.6. The fraction of sp³-hybridized carbons (Fsp3) is 0.364. The number of amides is 1. The van der Waals surface area contributed by atoms with Crippen molar-refractivity contribution >= 4 is 37.7 Å². The lowest BCUT2D eigenvalue weighted by molar-refractivity contribution is 0.0700. The zero-order chi connectivity index (χ0) is 30.3. The fourth-order valence-corrected chi connectivity index (χ4v) is 8.53. The van der Waals surface area contributed by atoms with E-state index in [4.69, 9.17) is 15.5 Å². The van der Waals surface area contributed by atoms with Gasteiger partial charge in [0.05, 0.1) is 28.1 Å². The third-order valence-corrected chi connectivity index (χ3v) is 11.6. The predicted molar refractivity (Wildman–Crippen MR) is 166 cm³/mol.